The van der Waals surface area contributed by atoms with E-state index in [1.807, 2.05) is 48.7 Å². The molecule has 0 spiro atoms. The second-order valence-electron chi connectivity index (χ2n) is 6.36. The van der Waals surface area contributed by atoms with Crippen molar-refractivity contribution < 1.29 is 9.47 Å². The average Bonchev–Trinajstić information content (AvgIpc) is 3.19. The Kier molecular flexibility index (Phi) is 4.79. The number of anilines is 1. The lowest BCUT2D eigenvalue weighted by molar-refractivity contribution is 0.0680. The summed E-state index contributed by atoms with van der Waals surface area (Å²) < 4.78 is 11.5. The van der Waals surface area contributed by atoms with Gasteiger partial charge in [-0.15, -0.1) is 0 Å². The maximum absolute atomic E-state index is 5.86. The van der Waals surface area contributed by atoms with Gasteiger partial charge in [-0.25, -0.2) is 0 Å². The van der Waals surface area contributed by atoms with Crippen molar-refractivity contribution in [3.05, 3.63) is 66.4 Å². The van der Waals surface area contributed by atoms with Crippen LogP contribution >= 0.6 is 0 Å². The van der Waals surface area contributed by atoms with E-state index in [4.69, 9.17) is 9.47 Å². The van der Waals surface area contributed by atoms with E-state index < -0.39 is 0 Å². The molecule has 1 N–H and O–H groups in total. The number of hydrogen-bond acceptors (Lipinski definition) is 4. The van der Waals surface area contributed by atoms with Crippen LogP contribution in [0.4, 0.5) is 5.69 Å². The van der Waals surface area contributed by atoms with Crippen LogP contribution in [0.25, 0.3) is 10.9 Å². The lowest BCUT2D eigenvalue weighted by Gasteiger charge is -2.13. The van der Waals surface area contributed by atoms with Crippen molar-refractivity contribution in [3.63, 3.8) is 0 Å². The summed E-state index contributed by atoms with van der Waals surface area (Å²) in [5.74, 6) is 0.872. The molecule has 1 aromatic heterocycles. The zero-order valence-corrected chi connectivity index (χ0v) is 14.2. The number of hydrogen-bond donors (Lipinski definition) is 1. The summed E-state index contributed by atoms with van der Waals surface area (Å²) in [5.41, 5.74) is 3.22. The molecule has 0 aliphatic carbocycles. The van der Waals surface area contributed by atoms with E-state index in [1.165, 1.54) is 0 Å². The van der Waals surface area contributed by atoms with Gasteiger partial charge in [0, 0.05) is 36.5 Å². The van der Waals surface area contributed by atoms with Gasteiger partial charge < -0.3 is 14.8 Å². The highest BCUT2D eigenvalue weighted by molar-refractivity contribution is 5.78. The summed E-state index contributed by atoms with van der Waals surface area (Å²) >= 11 is 0. The molecule has 3 aromatic rings. The zero-order valence-electron chi connectivity index (χ0n) is 14.2. The molecule has 0 bridgehead atoms. The van der Waals surface area contributed by atoms with Gasteiger partial charge in [-0.2, -0.15) is 0 Å². The third kappa shape index (κ3) is 4.09. The van der Waals surface area contributed by atoms with Crippen molar-refractivity contribution in [1.82, 2.24) is 4.98 Å². The van der Waals surface area contributed by atoms with Crippen LogP contribution in [0.5, 0.6) is 5.75 Å². The maximum atomic E-state index is 5.86. The fraction of sp³-hybridized carbons (Fsp3) is 0.286. The second-order valence-corrected chi connectivity index (χ2v) is 6.36. The summed E-state index contributed by atoms with van der Waals surface area (Å²) in [4.78, 5) is 4.51. The summed E-state index contributed by atoms with van der Waals surface area (Å²) in [7, 11) is 0. The zero-order chi connectivity index (χ0) is 16.9. The lowest BCUT2D eigenvalue weighted by atomic mass is 10.1. The standard InChI is InChI=1S/C21H22N2O2/c1-2-9-21-17(5-1)11-16(14-23-21)13-22-18-6-3-7-19(12-18)25-15-20-8-4-10-24-20/h1-3,5-7,9,11-12,14,20,22H,4,8,10,13,15H2. The topological polar surface area (TPSA) is 43.4 Å². The van der Waals surface area contributed by atoms with Gasteiger partial charge in [0.1, 0.15) is 12.4 Å². The van der Waals surface area contributed by atoms with Crippen molar-refractivity contribution in [1.29, 1.82) is 0 Å². The molecule has 1 fully saturated rings. The molecular weight excluding hydrogens is 312 g/mol. The predicted molar refractivity (Wildman–Crippen MR) is 100.0 cm³/mol. The molecule has 1 aliphatic rings. The summed E-state index contributed by atoms with van der Waals surface area (Å²) in [6.45, 7) is 2.21. The SMILES string of the molecule is c1cc(NCc2cnc3ccccc3c2)cc(OCC2CCCO2)c1. The highest BCUT2D eigenvalue weighted by Crippen LogP contribution is 2.20. The second kappa shape index (κ2) is 7.53. The largest absolute Gasteiger partial charge is 0.491 e. The third-order valence-electron chi connectivity index (χ3n) is 4.44. The molecule has 2 aromatic carbocycles. The summed E-state index contributed by atoms with van der Waals surface area (Å²) in [6.07, 6.45) is 4.38. The molecule has 25 heavy (non-hydrogen) atoms. The van der Waals surface area contributed by atoms with Gasteiger partial charge in [0.25, 0.3) is 0 Å². The van der Waals surface area contributed by atoms with Crippen LogP contribution in [0.3, 0.4) is 0 Å². The number of rotatable bonds is 6. The Hall–Kier alpha value is -2.59. The van der Waals surface area contributed by atoms with E-state index in [9.17, 15) is 0 Å². The molecule has 1 aliphatic heterocycles. The molecule has 0 saturated carbocycles. The number of nitrogens with zero attached hydrogens (tertiary/aromatic N) is 1. The molecule has 0 amide bonds. The van der Waals surface area contributed by atoms with Crippen molar-refractivity contribution in [2.45, 2.75) is 25.5 Å². The molecule has 128 valence electrons. The fourth-order valence-electron chi connectivity index (χ4n) is 3.08. The van der Waals surface area contributed by atoms with Crippen LogP contribution in [-0.4, -0.2) is 24.3 Å². The molecule has 1 saturated heterocycles. The van der Waals surface area contributed by atoms with Crippen LogP contribution in [0, 0.1) is 0 Å². The predicted octanol–water partition coefficient (Wildman–Crippen LogP) is 4.40. The molecule has 0 radical (unpaired) electrons. The molecule has 2 heterocycles. The van der Waals surface area contributed by atoms with E-state index in [0.717, 1.165) is 53.9 Å². The number of pyridine rings is 1. The number of benzene rings is 2. The van der Waals surface area contributed by atoms with Crippen LogP contribution in [-0.2, 0) is 11.3 Å². The van der Waals surface area contributed by atoms with Gasteiger partial charge in [-0.3, -0.25) is 4.98 Å². The van der Waals surface area contributed by atoms with Crippen LogP contribution in [0.1, 0.15) is 18.4 Å². The average molecular weight is 334 g/mol. The van der Waals surface area contributed by atoms with Gasteiger partial charge in [0.15, 0.2) is 0 Å². The summed E-state index contributed by atoms with van der Waals surface area (Å²) in [6, 6.07) is 18.4. The van der Waals surface area contributed by atoms with E-state index in [-0.39, 0.29) is 6.10 Å². The van der Waals surface area contributed by atoms with Crippen LogP contribution < -0.4 is 10.1 Å². The number of para-hydroxylation sites is 1. The molecule has 4 rings (SSSR count). The Labute approximate surface area is 147 Å². The molecule has 1 unspecified atom stereocenters. The van der Waals surface area contributed by atoms with E-state index in [1.54, 1.807) is 0 Å². The molecule has 4 nitrogen and oxygen atoms in total. The van der Waals surface area contributed by atoms with E-state index >= 15 is 0 Å². The van der Waals surface area contributed by atoms with Gasteiger partial charge >= 0.3 is 0 Å². The molecule has 1 atom stereocenters. The minimum absolute atomic E-state index is 0.236. The normalized spacial score (nSPS) is 16.9. The monoisotopic (exact) mass is 334 g/mol. The number of aromatic nitrogens is 1. The van der Waals surface area contributed by atoms with Gasteiger partial charge in [-0.1, -0.05) is 24.3 Å². The van der Waals surface area contributed by atoms with E-state index in [0.29, 0.717) is 6.61 Å². The van der Waals surface area contributed by atoms with Crippen molar-refractivity contribution in [2.75, 3.05) is 18.5 Å². The quantitative estimate of drug-likeness (QED) is 0.725. The van der Waals surface area contributed by atoms with Gasteiger partial charge in [0.2, 0.25) is 0 Å². The Morgan fingerprint density at radius 2 is 2.08 bits per heavy atom. The molecule has 4 heteroatoms. The third-order valence-corrected chi connectivity index (χ3v) is 4.44. The van der Waals surface area contributed by atoms with Crippen LogP contribution in [0.2, 0.25) is 0 Å². The minimum Gasteiger partial charge on any atom is -0.491 e. The first-order valence-electron chi connectivity index (χ1n) is 8.79. The Bertz CT molecular complexity index is 844. The summed E-state index contributed by atoms with van der Waals surface area (Å²) in [5, 5.41) is 4.61. The number of fused-ring (bicyclic) bond motifs is 1. The maximum Gasteiger partial charge on any atom is 0.121 e. The first-order chi connectivity index (χ1) is 12.4. The minimum atomic E-state index is 0.236. The first-order valence-corrected chi connectivity index (χ1v) is 8.79. The highest BCUT2D eigenvalue weighted by atomic mass is 16.5. The number of ether oxygens (including phenoxy) is 2. The fourth-order valence-corrected chi connectivity index (χ4v) is 3.08. The molecular formula is C21H22N2O2. The lowest BCUT2D eigenvalue weighted by Crippen LogP contribution is -2.16. The highest BCUT2D eigenvalue weighted by Gasteiger charge is 2.15. The Morgan fingerprint density at radius 3 is 3.00 bits per heavy atom. The Balaban J connectivity index is 1.37. The van der Waals surface area contributed by atoms with Crippen molar-refractivity contribution >= 4 is 16.6 Å². The van der Waals surface area contributed by atoms with Gasteiger partial charge in [-0.05, 0) is 42.7 Å². The van der Waals surface area contributed by atoms with Crippen molar-refractivity contribution in [3.8, 4) is 5.75 Å². The van der Waals surface area contributed by atoms with E-state index in [2.05, 4.69) is 22.4 Å². The van der Waals surface area contributed by atoms with Crippen molar-refractivity contribution in [2.24, 2.45) is 0 Å². The smallest absolute Gasteiger partial charge is 0.121 e. The van der Waals surface area contributed by atoms with Crippen LogP contribution in [0.15, 0.2) is 60.8 Å². The first kappa shape index (κ1) is 15.9. The van der Waals surface area contributed by atoms with Gasteiger partial charge in [0.05, 0.1) is 11.6 Å². The number of nitrogens with one attached hydrogen (secondary N) is 1. The Morgan fingerprint density at radius 1 is 1.12 bits per heavy atom.